The van der Waals surface area contributed by atoms with Crippen molar-refractivity contribution in [3.63, 3.8) is 0 Å². The zero-order valence-electron chi connectivity index (χ0n) is 10.0. The van der Waals surface area contributed by atoms with E-state index in [0.717, 1.165) is 4.47 Å². The van der Waals surface area contributed by atoms with Crippen molar-refractivity contribution in [3.8, 4) is 11.6 Å². The van der Waals surface area contributed by atoms with E-state index < -0.39 is 0 Å². The molecular weight excluding hydrogens is 314 g/mol. The minimum Gasteiger partial charge on any atom is -0.432 e. The number of methoxy groups -OCH3 is 1. The third-order valence-corrected chi connectivity index (χ3v) is 3.01. The normalized spacial score (nSPS) is 11.3. The maximum atomic E-state index is 5.87. The summed E-state index contributed by atoms with van der Waals surface area (Å²) in [6.07, 6.45) is 0. The van der Waals surface area contributed by atoms with Crippen LogP contribution >= 0.6 is 15.9 Å². The fourth-order valence-electron chi connectivity index (χ4n) is 1.76. The van der Waals surface area contributed by atoms with Crippen LogP contribution in [0, 0.1) is 0 Å². The van der Waals surface area contributed by atoms with Crippen LogP contribution in [0.2, 0.25) is 0 Å². The van der Waals surface area contributed by atoms with Crippen molar-refractivity contribution in [2.24, 2.45) is 0 Å². The number of oxazole rings is 1. The standard InChI is InChI=1S/C12H10BrN3O3/c1-17-5-7-4-10(16-19-7)12-15-9-3-6(13)2-8(14)11(9)18-12/h2-4H,5,14H2,1H3. The molecule has 3 aromatic rings. The molecule has 1 aromatic carbocycles. The molecule has 6 nitrogen and oxygen atoms in total. The second kappa shape index (κ2) is 4.67. The highest BCUT2D eigenvalue weighted by molar-refractivity contribution is 9.10. The van der Waals surface area contributed by atoms with Crippen LogP contribution in [0.1, 0.15) is 5.76 Å². The van der Waals surface area contributed by atoms with Crippen molar-refractivity contribution in [2.75, 3.05) is 12.8 Å². The fourth-order valence-corrected chi connectivity index (χ4v) is 2.22. The van der Waals surface area contributed by atoms with Gasteiger partial charge < -0.3 is 19.4 Å². The van der Waals surface area contributed by atoms with Crippen LogP contribution in [0.15, 0.2) is 31.6 Å². The number of hydrogen-bond acceptors (Lipinski definition) is 6. The van der Waals surface area contributed by atoms with E-state index in [-0.39, 0.29) is 0 Å². The van der Waals surface area contributed by atoms with Crippen LogP contribution in [0.4, 0.5) is 5.69 Å². The molecular formula is C12H10BrN3O3. The summed E-state index contributed by atoms with van der Waals surface area (Å²) < 4.78 is 16.5. The predicted molar refractivity (Wildman–Crippen MR) is 72.3 cm³/mol. The largest absolute Gasteiger partial charge is 0.432 e. The first-order valence-corrected chi connectivity index (χ1v) is 6.27. The van der Waals surface area contributed by atoms with Gasteiger partial charge in [-0.15, -0.1) is 0 Å². The molecule has 0 aliphatic carbocycles. The topological polar surface area (TPSA) is 87.3 Å². The molecule has 0 fully saturated rings. The van der Waals surface area contributed by atoms with E-state index in [1.54, 1.807) is 19.2 Å². The Morgan fingerprint density at radius 1 is 1.37 bits per heavy atom. The Morgan fingerprint density at radius 2 is 2.21 bits per heavy atom. The number of rotatable bonds is 3. The van der Waals surface area contributed by atoms with Crippen molar-refractivity contribution in [3.05, 3.63) is 28.4 Å². The van der Waals surface area contributed by atoms with E-state index in [4.69, 9.17) is 19.4 Å². The van der Waals surface area contributed by atoms with Gasteiger partial charge in [-0.2, -0.15) is 0 Å². The van der Waals surface area contributed by atoms with Crippen LogP contribution < -0.4 is 5.73 Å². The molecule has 0 aliphatic heterocycles. The Bertz CT molecular complexity index is 735. The van der Waals surface area contributed by atoms with Crippen LogP contribution in [0.5, 0.6) is 0 Å². The van der Waals surface area contributed by atoms with Crippen molar-refractivity contribution >= 4 is 32.7 Å². The number of benzene rings is 1. The van der Waals surface area contributed by atoms with E-state index in [2.05, 4.69) is 26.1 Å². The predicted octanol–water partition coefficient (Wildman–Crippen LogP) is 2.97. The smallest absolute Gasteiger partial charge is 0.249 e. The lowest BCUT2D eigenvalue weighted by atomic mass is 10.3. The molecule has 0 bridgehead atoms. The SMILES string of the molecule is COCc1cc(-c2nc3cc(Br)cc(N)c3o2)no1. The average Bonchev–Trinajstić information content (AvgIpc) is 2.95. The molecule has 0 atom stereocenters. The third kappa shape index (κ3) is 2.22. The highest BCUT2D eigenvalue weighted by atomic mass is 79.9. The third-order valence-electron chi connectivity index (χ3n) is 2.55. The summed E-state index contributed by atoms with van der Waals surface area (Å²) in [5.74, 6) is 0.972. The first-order valence-electron chi connectivity index (χ1n) is 5.48. The van der Waals surface area contributed by atoms with Crippen LogP contribution in [-0.4, -0.2) is 17.3 Å². The molecule has 0 radical (unpaired) electrons. The van der Waals surface area contributed by atoms with Gasteiger partial charge in [0.05, 0.1) is 5.69 Å². The Kier molecular flexibility index (Phi) is 3.00. The average molecular weight is 324 g/mol. The summed E-state index contributed by atoms with van der Waals surface area (Å²) in [7, 11) is 1.58. The zero-order chi connectivity index (χ0) is 13.4. The number of aromatic nitrogens is 2. The van der Waals surface area contributed by atoms with E-state index in [1.807, 2.05) is 6.07 Å². The van der Waals surface area contributed by atoms with Crippen molar-refractivity contribution in [1.29, 1.82) is 0 Å². The molecule has 0 amide bonds. The van der Waals surface area contributed by atoms with Crippen LogP contribution in [0.25, 0.3) is 22.7 Å². The maximum absolute atomic E-state index is 5.87. The molecule has 2 heterocycles. The van der Waals surface area contributed by atoms with Gasteiger partial charge in [-0.1, -0.05) is 21.1 Å². The van der Waals surface area contributed by atoms with Gasteiger partial charge in [-0.25, -0.2) is 4.98 Å². The minimum atomic E-state index is 0.348. The van der Waals surface area contributed by atoms with Crippen molar-refractivity contribution in [2.45, 2.75) is 6.61 Å². The van der Waals surface area contributed by atoms with E-state index >= 15 is 0 Å². The number of nitrogens with two attached hydrogens (primary N) is 1. The highest BCUT2D eigenvalue weighted by Gasteiger charge is 2.15. The molecule has 3 rings (SSSR count). The maximum Gasteiger partial charge on any atom is 0.249 e. The first kappa shape index (κ1) is 12.2. The Balaban J connectivity index is 2.07. The molecule has 98 valence electrons. The molecule has 0 aliphatic rings. The number of nitrogens with zero attached hydrogens (tertiary/aromatic N) is 2. The number of anilines is 1. The van der Waals surface area contributed by atoms with E-state index in [1.165, 1.54) is 0 Å². The first-order chi connectivity index (χ1) is 9.17. The quantitative estimate of drug-likeness (QED) is 0.745. The molecule has 0 saturated heterocycles. The lowest BCUT2D eigenvalue weighted by molar-refractivity contribution is 0.156. The highest BCUT2D eigenvalue weighted by Crippen LogP contribution is 2.30. The molecule has 0 unspecified atom stereocenters. The molecule has 19 heavy (non-hydrogen) atoms. The number of fused-ring (bicyclic) bond motifs is 1. The Labute approximate surface area is 116 Å². The molecule has 7 heteroatoms. The summed E-state index contributed by atoms with van der Waals surface area (Å²) in [6.45, 7) is 0.348. The number of nitrogen functional groups attached to an aromatic ring is 1. The minimum absolute atomic E-state index is 0.348. The lowest BCUT2D eigenvalue weighted by Crippen LogP contribution is -1.84. The number of ether oxygens (including phenoxy) is 1. The summed E-state index contributed by atoms with van der Waals surface area (Å²) in [6, 6.07) is 5.31. The summed E-state index contributed by atoms with van der Waals surface area (Å²) in [5.41, 5.74) is 8.11. The Morgan fingerprint density at radius 3 is 3.00 bits per heavy atom. The number of halogens is 1. The molecule has 0 spiro atoms. The zero-order valence-corrected chi connectivity index (χ0v) is 11.6. The van der Waals surface area contributed by atoms with Gasteiger partial charge in [0.15, 0.2) is 17.0 Å². The summed E-state index contributed by atoms with van der Waals surface area (Å²) in [5, 5.41) is 3.89. The summed E-state index contributed by atoms with van der Waals surface area (Å²) >= 11 is 3.36. The molecule has 0 saturated carbocycles. The van der Waals surface area contributed by atoms with Gasteiger partial charge in [-0.3, -0.25) is 0 Å². The van der Waals surface area contributed by atoms with Gasteiger partial charge in [0.25, 0.3) is 0 Å². The monoisotopic (exact) mass is 323 g/mol. The molecule has 2 N–H and O–H groups in total. The van der Waals surface area contributed by atoms with Gasteiger partial charge in [0.1, 0.15) is 12.1 Å². The van der Waals surface area contributed by atoms with E-state index in [9.17, 15) is 0 Å². The molecule has 2 aromatic heterocycles. The van der Waals surface area contributed by atoms with Gasteiger partial charge >= 0.3 is 0 Å². The Hall–Kier alpha value is -1.86. The van der Waals surface area contributed by atoms with Crippen molar-refractivity contribution in [1.82, 2.24) is 10.1 Å². The van der Waals surface area contributed by atoms with Crippen LogP contribution in [-0.2, 0) is 11.3 Å². The van der Waals surface area contributed by atoms with Crippen molar-refractivity contribution < 1.29 is 13.7 Å². The second-order valence-electron chi connectivity index (χ2n) is 3.97. The van der Waals surface area contributed by atoms with Gasteiger partial charge in [0.2, 0.25) is 5.89 Å². The second-order valence-corrected chi connectivity index (χ2v) is 4.89. The van der Waals surface area contributed by atoms with E-state index in [0.29, 0.717) is 40.7 Å². The van der Waals surface area contributed by atoms with Crippen LogP contribution in [0.3, 0.4) is 0 Å². The summed E-state index contributed by atoms with van der Waals surface area (Å²) in [4.78, 5) is 4.34. The van der Waals surface area contributed by atoms with Gasteiger partial charge in [0, 0.05) is 17.6 Å². The van der Waals surface area contributed by atoms with Gasteiger partial charge in [-0.05, 0) is 12.1 Å². The fraction of sp³-hybridized carbons (Fsp3) is 0.167. The lowest BCUT2D eigenvalue weighted by Gasteiger charge is -1.93. The number of hydrogen-bond donors (Lipinski definition) is 1.